The molecule has 6 nitrogen and oxygen atoms in total. The second-order valence-electron chi connectivity index (χ2n) is 8.26. The molecule has 1 aliphatic heterocycles. The highest BCUT2D eigenvalue weighted by Crippen LogP contribution is 2.45. The minimum atomic E-state index is 0.412. The molecule has 5 rings (SSSR count). The molecule has 0 spiro atoms. The van der Waals surface area contributed by atoms with Crippen molar-refractivity contribution in [1.82, 2.24) is 14.5 Å². The summed E-state index contributed by atoms with van der Waals surface area (Å²) in [6.45, 7) is 3.94. The SMILES string of the molecule is Cc1c(-n2cccc2)c(N2CC[C@H](N(C)C)C2)c2oc(C3CC3)nc2c1C#N. The summed E-state index contributed by atoms with van der Waals surface area (Å²) >= 11 is 0. The van der Waals surface area contributed by atoms with Crippen molar-refractivity contribution in [1.29, 1.82) is 5.26 Å². The van der Waals surface area contributed by atoms with Gasteiger partial charge in [-0.15, -0.1) is 0 Å². The largest absolute Gasteiger partial charge is 0.438 e. The van der Waals surface area contributed by atoms with Crippen LogP contribution in [0.2, 0.25) is 0 Å². The smallest absolute Gasteiger partial charge is 0.198 e. The van der Waals surface area contributed by atoms with E-state index in [-0.39, 0.29) is 0 Å². The summed E-state index contributed by atoms with van der Waals surface area (Å²) < 4.78 is 8.44. The van der Waals surface area contributed by atoms with Crippen molar-refractivity contribution in [3.8, 4) is 11.8 Å². The van der Waals surface area contributed by atoms with Crippen LogP contribution in [-0.4, -0.2) is 47.7 Å². The average molecular weight is 375 g/mol. The van der Waals surface area contributed by atoms with Crippen LogP contribution in [0.3, 0.4) is 0 Å². The topological polar surface area (TPSA) is 61.2 Å². The Balaban J connectivity index is 1.78. The van der Waals surface area contributed by atoms with Crippen LogP contribution >= 0.6 is 0 Å². The van der Waals surface area contributed by atoms with E-state index in [0.29, 0.717) is 17.5 Å². The number of oxazole rings is 1. The van der Waals surface area contributed by atoms with Gasteiger partial charge in [0.25, 0.3) is 0 Å². The Morgan fingerprint density at radius 2 is 1.93 bits per heavy atom. The number of anilines is 1. The van der Waals surface area contributed by atoms with Crippen molar-refractivity contribution in [2.75, 3.05) is 32.1 Å². The van der Waals surface area contributed by atoms with Crippen molar-refractivity contribution in [2.24, 2.45) is 0 Å². The van der Waals surface area contributed by atoms with Crippen LogP contribution in [0, 0.1) is 18.3 Å². The molecular weight excluding hydrogens is 350 g/mol. The Kier molecular flexibility index (Phi) is 3.95. The van der Waals surface area contributed by atoms with Gasteiger partial charge in [-0.2, -0.15) is 5.26 Å². The molecule has 1 saturated carbocycles. The molecule has 0 bridgehead atoms. The lowest BCUT2D eigenvalue weighted by molar-refractivity contribution is 0.315. The zero-order valence-electron chi connectivity index (χ0n) is 16.6. The fourth-order valence-electron chi connectivity index (χ4n) is 4.35. The third-order valence-electron chi connectivity index (χ3n) is 6.16. The highest BCUT2D eigenvalue weighted by Gasteiger charge is 2.34. The third kappa shape index (κ3) is 2.61. The van der Waals surface area contributed by atoms with E-state index < -0.39 is 0 Å². The predicted octanol–water partition coefficient (Wildman–Crippen LogP) is 3.82. The molecule has 0 amide bonds. The number of benzene rings is 1. The molecule has 6 heteroatoms. The molecule has 144 valence electrons. The molecular formula is C22H25N5O. The zero-order valence-corrected chi connectivity index (χ0v) is 16.6. The minimum absolute atomic E-state index is 0.412. The Bertz CT molecular complexity index is 1070. The molecule has 2 fully saturated rings. The van der Waals surface area contributed by atoms with Crippen molar-refractivity contribution in [2.45, 2.75) is 38.1 Å². The number of fused-ring (bicyclic) bond motifs is 1. The van der Waals surface area contributed by atoms with Gasteiger partial charge in [-0.25, -0.2) is 4.98 Å². The maximum absolute atomic E-state index is 9.91. The molecule has 1 atom stereocenters. The van der Waals surface area contributed by atoms with E-state index in [0.717, 1.165) is 66.3 Å². The number of rotatable bonds is 4. The summed E-state index contributed by atoms with van der Waals surface area (Å²) in [6, 6.07) is 6.94. The quantitative estimate of drug-likeness (QED) is 0.694. The number of nitrogens with zero attached hydrogens (tertiary/aromatic N) is 5. The lowest BCUT2D eigenvalue weighted by Gasteiger charge is -2.25. The van der Waals surface area contributed by atoms with Gasteiger partial charge in [0.15, 0.2) is 11.5 Å². The van der Waals surface area contributed by atoms with E-state index in [9.17, 15) is 5.26 Å². The van der Waals surface area contributed by atoms with Gasteiger partial charge in [0, 0.05) is 37.4 Å². The molecule has 28 heavy (non-hydrogen) atoms. The van der Waals surface area contributed by atoms with Crippen LogP contribution < -0.4 is 4.90 Å². The van der Waals surface area contributed by atoms with E-state index in [1.54, 1.807) is 0 Å². The summed E-state index contributed by atoms with van der Waals surface area (Å²) in [5.74, 6) is 1.20. The van der Waals surface area contributed by atoms with E-state index in [1.807, 2.05) is 31.5 Å². The predicted molar refractivity (Wildman–Crippen MR) is 109 cm³/mol. The molecule has 0 N–H and O–H groups in total. The van der Waals surface area contributed by atoms with E-state index in [4.69, 9.17) is 9.40 Å². The molecule has 2 aromatic heterocycles. The summed E-state index contributed by atoms with van der Waals surface area (Å²) in [4.78, 5) is 9.49. The third-order valence-corrected chi connectivity index (χ3v) is 6.16. The van der Waals surface area contributed by atoms with Gasteiger partial charge >= 0.3 is 0 Å². The lowest BCUT2D eigenvalue weighted by Crippen LogP contribution is -2.32. The molecule has 0 radical (unpaired) electrons. The maximum atomic E-state index is 9.91. The molecule has 1 saturated heterocycles. The summed E-state index contributed by atoms with van der Waals surface area (Å²) in [5.41, 5.74) is 5.19. The average Bonchev–Trinajstić information content (AvgIpc) is 3.09. The first-order valence-corrected chi connectivity index (χ1v) is 10.00. The summed E-state index contributed by atoms with van der Waals surface area (Å²) in [5, 5.41) is 9.91. The summed E-state index contributed by atoms with van der Waals surface area (Å²) in [7, 11) is 4.28. The van der Waals surface area contributed by atoms with Gasteiger partial charge in [-0.05, 0) is 58.0 Å². The number of hydrogen-bond donors (Lipinski definition) is 0. The first-order chi connectivity index (χ1) is 13.6. The monoisotopic (exact) mass is 375 g/mol. The van der Waals surface area contributed by atoms with Crippen LogP contribution in [-0.2, 0) is 0 Å². The number of nitriles is 1. The standard InChI is InChI=1S/C22H25N5O/c1-14-17(12-23)18-21(28-22(24-18)15-6-7-15)20(19(14)26-9-4-5-10-26)27-11-8-16(13-27)25(2)3/h4-5,9-10,15-16H,6-8,11,13H2,1-3H3/t16-/m0/s1. The second kappa shape index (κ2) is 6.39. The Labute approximate surface area is 165 Å². The maximum Gasteiger partial charge on any atom is 0.198 e. The van der Waals surface area contributed by atoms with Crippen LogP contribution in [0.1, 0.15) is 42.2 Å². The zero-order chi connectivity index (χ0) is 19.4. The van der Waals surface area contributed by atoms with Crippen LogP contribution in [0.5, 0.6) is 0 Å². The first-order valence-electron chi connectivity index (χ1n) is 10.00. The van der Waals surface area contributed by atoms with Crippen molar-refractivity contribution >= 4 is 16.8 Å². The highest BCUT2D eigenvalue weighted by atomic mass is 16.4. The molecule has 2 aliphatic rings. The van der Waals surface area contributed by atoms with E-state index in [1.165, 1.54) is 0 Å². The Morgan fingerprint density at radius 3 is 2.54 bits per heavy atom. The van der Waals surface area contributed by atoms with Gasteiger partial charge in [0.2, 0.25) is 0 Å². The van der Waals surface area contributed by atoms with Gasteiger partial charge in [-0.1, -0.05) is 0 Å². The molecule has 3 heterocycles. The van der Waals surface area contributed by atoms with Crippen LogP contribution in [0.15, 0.2) is 28.9 Å². The van der Waals surface area contributed by atoms with Gasteiger partial charge < -0.3 is 18.8 Å². The number of aromatic nitrogens is 2. The fourth-order valence-corrected chi connectivity index (χ4v) is 4.35. The first kappa shape index (κ1) is 17.3. The van der Waals surface area contributed by atoms with Gasteiger partial charge in [0.05, 0.1) is 11.3 Å². The van der Waals surface area contributed by atoms with Crippen molar-refractivity contribution in [3.05, 3.63) is 41.5 Å². The van der Waals surface area contributed by atoms with Crippen molar-refractivity contribution < 1.29 is 4.42 Å². The molecule has 0 unspecified atom stereocenters. The number of hydrogen-bond acceptors (Lipinski definition) is 5. The van der Waals surface area contributed by atoms with Gasteiger partial charge in [-0.3, -0.25) is 0 Å². The van der Waals surface area contributed by atoms with E-state index in [2.05, 4.69) is 34.5 Å². The molecule has 1 aromatic carbocycles. The molecule has 3 aromatic rings. The van der Waals surface area contributed by atoms with Crippen LogP contribution in [0.25, 0.3) is 16.8 Å². The normalized spacial score (nSPS) is 19.7. The Hall–Kier alpha value is -2.78. The van der Waals surface area contributed by atoms with Gasteiger partial charge in [0.1, 0.15) is 17.3 Å². The van der Waals surface area contributed by atoms with Crippen LogP contribution in [0.4, 0.5) is 5.69 Å². The fraction of sp³-hybridized carbons (Fsp3) is 0.455. The highest BCUT2D eigenvalue weighted by molar-refractivity contribution is 5.98. The Morgan fingerprint density at radius 1 is 1.18 bits per heavy atom. The van der Waals surface area contributed by atoms with Crippen molar-refractivity contribution in [3.63, 3.8) is 0 Å². The number of likely N-dealkylation sites (N-methyl/N-ethyl adjacent to an activating group) is 1. The molecule has 1 aliphatic carbocycles. The minimum Gasteiger partial charge on any atom is -0.438 e. The second-order valence-corrected chi connectivity index (χ2v) is 8.26. The van der Waals surface area contributed by atoms with E-state index >= 15 is 0 Å². The lowest BCUT2D eigenvalue weighted by atomic mass is 10.0. The summed E-state index contributed by atoms with van der Waals surface area (Å²) in [6.07, 6.45) is 7.44.